The maximum atomic E-state index is 12.6. The molecule has 0 aromatic rings. The average Bonchev–Trinajstić information content (AvgIpc) is 3.23. The molecule has 5 aliphatic heterocycles. The molecule has 0 bridgehead atoms. The van der Waals surface area contributed by atoms with E-state index in [1.54, 1.807) is 0 Å². The Balaban J connectivity index is 1.42. The molecule has 5 saturated heterocycles. The third kappa shape index (κ3) is 10.8. The molecule has 0 unspecified atom stereocenters. The number of nitrogens with one attached hydrogen (secondary N) is 2. The molecule has 0 saturated carbocycles. The summed E-state index contributed by atoms with van der Waals surface area (Å²) in [6, 6.07) is -3.31. The van der Waals surface area contributed by atoms with E-state index in [1.807, 2.05) is 0 Å². The number of amides is 2. The van der Waals surface area contributed by atoms with E-state index in [0.717, 1.165) is 13.8 Å². The van der Waals surface area contributed by atoms with Crippen molar-refractivity contribution >= 4 is 11.8 Å². The van der Waals surface area contributed by atoms with Crippen LogP contribution in [-0.2, 0) is 52.2 Å². The zero-order valence-corrected chi connectivity index (χ0v) is 33.2. The first kappa shape index (κ1) is 51.0. The van der Waals surface area contributed by atoms with Crippen LogP contribution < -0.4 is 10.6 Å². The van der Waals surface area contributed by atoms with Crippen LogP contribution >= 0.6 is 0 Å². The smallest absolute Gasteiger partial charge is 0.217 e. The van der Waals surface area contributed by atoms with Crippen LogP contribution in [0.15, 0.2) is 0 Å². The van der Waals surface area contributed by atoms with Crippen molar-refractivity contribution < 1.29 is 129 Å². The Hall–Kier alpha value is -2.02. The van der Waals surface area contributed by atoms with E-state index in [1.165, 1.54) is 0 Å². The highest BCUT2D eigenvalue weighted by molar-refractivity contribution is 5.73. The zero-order valence-electron chi connectivity index (χ0n) is 33.2. The maximum Gasteiger partial charge on any atom is 0.217 e. The molecule has 28 heteroatoms. The van der Waals surface area contributed by atoms with Gasteiger partial charge in [0.25, 0.3) is 0 Å². The summed E-state index contributed by atoms with van der Waals surface area (Å²) in [5.41, 5.74) is 0. The maximum absolute atomic E-state index is 12.6. The van der Waals surface area contributed by atoms with Crippen molar-refractivity contribution in [2.45, 2.75) is 167 Å². The zero-order chi connectivity index (χ0) is 45.9. The van der Waals surface area contributed by atoms with Gasteiger partial charge in [-0.2, -0.15) is 0 Å². The van der Waals surface area contributed by atoms with Crippen molar-refractivity contribution in [3.8, 4) is 0 Å². The number of carbonyl (C=O) groups excluding carboxylic acids is 2. The SMILES string of the molecule is CC(=O)N[C@H]1[C@@H](O[C@H]2[C@@H](O)[C@@H](CO)O[C@@H](O[C@H]3[C@H](O)[C@@H](CO)O[C@@H](O[C@H]4[C@@H](O)[C@@H](CO)O[C@@H](O[C@H]5[C@H](O)[C@@H](O)[C@H](O)O[C@@H]5CO)[C@@H]4O)[C@@H]3NC(C)=O)[C@@H]2O)O[C@H](CO)[C@H](O)[C@@H]1O. The molecular weight excluding hydrogens is 852 g/mol. The van der Waals surface area contributed by atoms with Crippen molar-refractivity contribution in [1.82, 2.24) is 10.6 Å². The van der Waals surface area contributed by atoms with Gasteiger partial charge in [-0.15, -0.1) is 0 Å². The average molecular weight is 911 g/mol. The van der Waals surface area contributed by atoms with Gasteiger partial charge in [-0.1, -0.05) is 0 Å². The quantitative estimate of drug-likeness (QED) is 0.0725. The van der Waals surface area contributed by atoms with E-state index >= 15 is 0 Å². The van der Waals surface area contributed by atoms with E-state index in [0.29, 0.717) is 0 Å². The summed E-state index contributed by atoms with van der Waals surface area (Å²) >= 11 is 0. The molecule has 5 rings (SSSR count). The number of aliphatic hydroxyl groups is 15. The molecule has 5 aliphatic rings. The fraction of sp³-hybridized carbons (Fsp3) is 0.941. The van der Waals surface area contributed by atoms with Crippen molar-refractivity contribution in [3.63, 3.8) is 0 Å². The monoisotopic (exact) mass is 910 g/mol. The fourth-order valence-electron chi connectivity index (χ4n) is 7.83. The van der Waals surface area contributed by atoms with Crippen molar-refractivity contribution in [1.29, 1.82) is 0 Å². The highest BCUT2D eigenvalue weighted by Crippen LogP contribution is 2.36. The molecule has 5 fully saturated rings. The van der Waals surface area contributed by atoms with Gasteiger partial charge in [0, 0.05) is 13.8 Å². The van der Waals surface area contributed by atoms with Gasteiger partial charge in [0.15, 0.2) is 31.5 Å². The number of carbonyl (C=O) groups is 2. The lowest BCUT2D eigenvalue weighted by Crippen LogP contribution is -2.70. The molecule has 0 aromatic carbocycles. The number of rotatable bonds is 15. The molecule has 2 amide bonds. The van der Waals surface area contributed by atoms with Crippen LogP contribution in [-0.4, -0.2) is 275 Å². The van der Waals surface area contributed by atoms with Crippen LogP contribution in [0.4, 0.5) is 0 Å². The highest BCUT2D eigenvalue weighted by Gasteiger charge is 2.57. The summed E-state index contributed by atoms with van der Waals surface area (Å²) in [4.78, 5) is 24.6. The summed E-state index contributed by atoms with van der Waals surface area (Å²) in [7, 11) is 0. The Morgan fingerprint density at radius 1 is 0.387 bits per heavy atom. The summed E-state index contributed by atoms with van der Waals surface area (Å²) in [6.07, 6.45) is -42.7. The Labute approximate surface area is 351 Å². The van der Waals surface area contributed by atoms with E-state index in [-0.39, 0.29) is 0 Å². The third-order valence-corrected chi connectivity index (χ3v) is 11.1. The Kier molecular flexibility index (Phi) is 18.1. The number of aliphatic hydroxyl groups excluding tert-OH is 15. The van der Waals surface area contributed by atoms with Gasteiger partial charge < -0.3 is 130 Å². The number of hydrogen-bond acceptors (Lipinski definition) is 26. The molecule has 0 aliphatic carbocycles. The van der Waals surface area contributed by atoms with Crippen molar-refractivity contribution in [2.75, 3.05) is 33.0 Å². The molecule has 28 nitrogen and oxygen atoms in total. The predicted octanol–water partition coefficient (Wildman–Crippen LogP) is -11.6. The lowest BCUT2D eigenvalue weighted by atomic mass is 9.94. The summed E-state index contributed by atoms with van der Waals surface area (Å²) in [6.45, 7) is -2.58. The van der Waals surface area contributed by atoms with Gasteiger partial charge in [-0.05, 0) is 0 Å². The van der Waals surface area contributed by atoms with Crippen LogP contribution in [0.3, 0.4) is 0 Å². The number of ether oxygens (including phenoxy) is 9. The summed E-state index contributed by atoms with van der Waals surface area (Å²) in [5, 5.41) is 163. The Bertz CT molecular complexity index is 1440. The van der Waals surface area contributed by atoms with Gasteiger partial charge in [0.2, 0.25) is 11.8 Å². The number of hydrogen-bond donors (Lipinski definition) is 17. The topological polar surface area (TPSA) is 445 Å². The van der Waals surface area contributed by atoms with Crippen LogP contribution in [0.25, 0.3) is 0 Å². The molecular formula is C34H58N2O26. The largest absolute Gasteiger partial charge is 0.394 e. The molecule has 17 N–H and O–H groups in total. The van der Waals surface area contributed by atoms with Gasteiger partial charge in [-0.25, -0.2) is 0 Å². The van der Waals surface area contributed by atoms with Crippen LogP contribution in [0.1, 0.15) is 13.8 Å². The minimum absolute atomic E-state index is 0.736. The lowest BCUT2D eigenvalue weighted by Gasteiger charge is -2.50. The molecule has 25 atom stereocenters. The second kappa shape index (κ2) is 22.0. The predicted molar refractivity (Wildman–Crippen MR) is 190 cm³/mol. The van der Waals surface area contributed by atoms with Gasteiger partial charge >= 0.3 is 0 Å². The van der Waals surface area contributed by atoms with Gasteiger partial charge in [-0.3, -0.25) is 9.59 Å². The molecule has 0 aromatic heterocycles. The summed E-state index contributed by atoms with van der Waals surface area (Å²) < 4.78 is 50.9. The van der Waals surface area contributed by atoms with Crippen molar-refractivity contribution in [3.05, 3.63) is 0 Å². The molecule has 5 heterocycles. The van der Waals surface area contributed by atoms with Crippen LogP contribution in [0, 0.1) is 0 Å². The second-order valence-electron chi connectivity index (χ2n) is 15.4. The van der Waals surface area contributed by atoms with E-state index in [9.17, 15) is 86.2 Å². The van der Waals surface area contributed by atoms with Crippen molar-refractivity contribution in [2.24, 2.45) is 0 Å². The Morgan fingerprint density at radius 2 is 0.742 bits per heavy atom. The first-order valence-corrected chi connectivity index (χ1v) is 19.6. The minimum atomic E-state index is -2.14. The first-order valence-electron chi connectivity index (χ1n) is 19.6. The first-order chi connectivity index (χ1) is 29.3. The van der Waals surface area contributed by atoms with E-state index in [2.05, 4.69) is 10.6 Å². The van der Waals surface area contributed by atoms with Gasteiger partial charge in [0.1, 0.15) is 122 Å². The van der Waals surface area contributed by atoms with Crippen LogP contribution in [0.2, 0.25) is 0 Å². The lowest BCUT2D eigenvalue weighted by molar-refractivity contribution is -0.383. The van der Waals surface area contributed by atoms with Crippen LogP contribution in [0.5, 0.6) is 0 Å². The molecule has 0 radical (unpaired) electrons. The molecule has 360 valence electrons. The summed E-state index contributed by atoms with van der Waals surface area (Å²) in [5.74, 6) is -1.58. The molecule has 62 heavy (non-hydrogen) atoms. The molecule has 0 spiro atoms. The fourth-order valence-corrected chi connectivity index (χ4v) is 7.83. The standard InChI is InChI=1S/C34H58N2O26/c1-8(42)35-15-21(48)17(44)10(3-37)55-31(15)61-28-19(46)13(6-40)58-34(25(28)52)60-27-16(36-9(2)43)32(56-11(4-38)18(27)45)62-29-20(47)12(5-39)57-33(24(29)51)59-26-14(7-41)54-30(53)23(50)22(26)49/h10-34,37-41,44-53H,3-7H2,1-2H3,(H,35,42)(H,36,43)/t10-,11-,12-,13-,14-,15-,16-,17+,18-,19+,20+,21-,22-,23-,24-,25-,26-,27-,28+,29+,30-,31-,32+,33+,34+/m1/s1. The Morgan fingerprint density at radius 3 is 1.18 bits per heavy atom. The third-order valence-electron chi connectivity index (χ3n) is 11.1. The van der Waals surface area contributed by atoms with E-state index < -0.39 is 198 Å². The minimum Gasteiger partial charge on any atom is -0.394 e. The highest BCUT2D eigenvalue weighted by atomic mass is 16.8. The van der Waals surface area contributed by atoms with Gasteiger partial charge in [0.05, 0.1) is 33.0 Å². The van der Waals surface area contributed by atoms with E-state index in [4.69, 9.17) is 42.6 Å². The second-order valence-corrected chi connectivity index (χ2v) is 15.4. The normalized spacial score (nSPS) is 49.0.